The van der Waals surface area contributed by atoms with E-state index in [9.17, 15) is 14.4 Å². The summed E-state index contributed by atoms with van der Waals surface area (Å²) >= 11 is 0. The summed E-state index contributed by atoms with van der Waals surface area (Å²) in [5, 5.41) is 5.78. The van der Waals surface area contributed by atoms with E-state index in [4.69, 9.17) is 14.2 Å². The number of hydrogen-bond acceptors (Lipinski definition) is 6. The third kappa shape index (κ3) is 9.48. The van der Waals surface area contributed by atoms with Gasteiger partial charge in [-0.25, -0.2) is 4.79 Å². The van der Waals surface area contributed by atoms with Gasteiger partial charge < -0.3 is 24.8 Å². The Bertz CT molecular complexity index is 1250. The van der Waals surface area contributed by atoms with Crippen LogP contribution in [0.25, 0.3) is 0 Å². The lowest BCUT2D eigenvalue weighted by atomic mass is 9.87. The summed E-state index contributed by atoms with van der Waals surface area (Å²) in [6.45, 7) is 9.11. The van der Waals surface area contributed by atoms with Crippen LogP contribution in [0.5, 0.6) is 11.5 Å². The Labute approximate surface area is 229 Å². The van der Waals surface area contributed by atoms with Crippen LogP contribution in [0.4, 0.5) is 10.5 Å². The molecule has 0 aliphatic rings. The molecule has 0 spiro atoms. The lowest BCUT2D eigenvalue weighted by Gasteiger charge is -2.19. The van der Waals surface area contributed by atoms with E-state index in [-0.39, 0.29) is 36.1 Å². The molecule has 0 radical (unpaired) electrons. The van der Waals surface area contributed by atoms with Crippen molar-refractivity contribution in [1.29, 1.82) is 0 Å². The molecule has 0 bridgehead atoms. The maximum Gasteiger partial charge on any atom is 0.513 e. The molecule has 3 aromatic rings. The van der Waals surface area contributed by atoms with E-state index in [1.54, 1.807) is 25.1 Å². The van der Waals surface area contributed by atoms with E-state index < -0.39 is 6.16 Å². The van der Waals surface area contributed by atoms with Crippen LogP contribution in [-0.2, 0) is 21.5 Å². The first-order valence-electron chi connectivity index (χ1n) is 13.0. The van der Waals surface area contributed by atoms with Crippen molar-refractivity contribution < 1.29 is 28.6 Å². The van der Waals surface area contributed by atoms with Crippen LogP contribution in [0, 0.1) is 0 Å². The number of amides is 2. The van der Waals surface area contributed by atoms with E-state index in [0.717, 1.165) is 11.3 Å². The number of benzene rings is 3. The largest absolute Gasteiger partial charge is 0.513 e. The third-order valence-corrected chi connectivity index (χ3v) is 5.86. The summed E-state index contributed by atoms with van der Waals surface area (Å²) in [5.74, 6) is 0.635. The first-order chi connectivity index (χ1) is 18.7. The molecule has 0 saturated carbocycles. The average Bonchev–Trinajstić information content (AvgIpc) is 2.91. The monoisotopic (exact) mass is 532 g/mol. The number of carbonyl (C=O) groups is 3. The first-order valence-corrected chi connectivity index (χ1v) is 13.0. The zero-order valence-electron chi connectivity index (χ0n) is 22.9. The summed E-state index contributed by atoms with van der Waals surface area (Å²) in [6, 6.07) is 21.4. The molecule has 0 aliphatic heterocycles. The molecule has 2 amide bonds. The van der Waals surface area contributed by atoms with Gasteiger partial charge in [0.15, 0.2) is 0 Å². The molecule has 39 heavy (non-hydrogen) atoms. The van der Waals surface area contributed by atoms with Crippen LogP contribution < -0.4 is 20.1 Å². The normalized spacial score (nSPS) is 10.9. The summed E-state index contributed by atoms with van der Waals surface area (Å²) < 4.78 is 15.5. The van der Waals surface area contributed by atoms with Crippen molar-refractivity contribution in [3.63, 3.8) is 0 Å². The van der Waals surface area contributed by atoms with E-state index in [2.05, 4.69) is 43.5 Å². The number of carbonyl (C=O) groups excluding carboxylic acids is 3. The summed E-state index contributed by atoms with van der Waals surface area (Å²) in [7, 11) is 0. The van der Waals surface area contributed by atoms with E-state index in [0.29, 0.717) is 30.7 Å². The smallest absolute Gasteiger partial charge is 0.494 e. The predicted molar refractivity (Wildman–Crippen MR) is 150 cm³/mol. The summed E-state index contributed by atoms with van der Waals surface area (Å²) in [5.41, 5.74) is 3.08. The molecule has 0 aliphatic carbocycles. The van der Waals surface area contributed by atoms with Crippen LogP contribution in [0.15, 0.2) is 72.8 Å². The van der Waals surface area contributed by atoms with Crippen molar-refractivity contribution >= 4 is 23.7 Å². The lowest BCUT2D eigenvalue weighted by Crippen LogP contribution is -2.24. The van der Waals surface area contributed by atoms with Crippen molar-refractivity contribution in [2.75, 3.05) is 18.5 Å². The second kappa shape index (κ2) is 14.0. The molecule has 8 heteroatoms. The molecule has 0 saturated heterocycles. The van der Waals surface area contributed by atoms with Crippen LogP contribution >= 0.6 is 0 Å². The van der Waals surface area contributed by atoms with Gasteiger partial charge in [-0.2, -0.15) is 0 Å². The van der Waals surface area contributed by atoms with Gasteiger partial charge in [-0.15, -0.1) is 0 Å². The molecule has 8 nitrogen and oxygen atoms in total. The maximum atomic E-state index is 12.8. The quantitative estimate of drug-likeness (QED) is 0.172. The van der Waals surface area contributed by atoms with Crippen LogP contribution in [0.1, 0.15) is 62.0 Å². The van der Waals surface area contributed by atoms with Crippen molar-refractivity contribution in [2.24, 2.45) is 0 Å². The fourth-order valence-electron chi connectivity index (χ4n) is 3.66. The van der Waals surface area contributed by atoms with Crippen LogP contribution in [-0.4, -0.2) is 31.2 Å². The molecule has 0 unspecified atom stereocenters. The fraction of sp³-hybridized carbons (Fsp3) is 0.323. The van der Waals surface area contributed by atoms with Gasteiger partial charge in [0.2, 0.25) is 5.91 Å². The number of nitrogens with one attached hydrogen (secondary N) is 2. The maximum absolute atomic E-state index is 12.8. The molecule has 2 N–H and O–H groups in total. The molecule has 3 rings (SSSR count). The molecule has 0 atom stereocenters. The highest BCUT2D eigenvalue weighted by Gasteiger charge is 2.14. The van der Waals surface area contributed by atoms with Crippen molar-refractivity contribution in [2.45, 2.75) is 52.5 Å². The number of rotatable bonds is 11. The fourth-order valence-corrected chi connectivity index (χ4v) is 3.66. The van der Waals surface area contributed by atoms with Gasteiger partial charge in [0, 0.05) is 24.2 Å². The predicted octanol–water partition coefficient (Wildman–Crippen LogP) is 6.25. The minimum absolute atomic E-state index is 0.0888. The highest BCUT2D eigenvalue weighted by molar-refractivity contribution is 6.04. The summed E-state index contributed by atoms with van der Waals surface area (Å²) in [6.07, 6.45) is 0.111. The van der Waals surface area contributed by atoms with Crippen molar-refractivity contribution in [3.8, 4) is 11.5 Å². The second-order valence-corrected chi connectivity index (χ2v) is 9.92. The minimum atomic E-state index is -0.802. The van der Waals surface area contributed by atoms with Gasteiger partial charge in [-0.05, 0) is 72.4 Å². The number of para-hydroxylation sites is 1. The SMILES string of the molecule is CCOC(=O)Oc1ccc(C(=O)Nc2ccccc2CNC(=O)CCCOc2ccc(C(C)(C)C)cc2)cc1. The van der Waals surface area contributed by atoms with Crippen molar-refractivity contribution in [1.82, 2.24) is 5.32 Å². The zero-order valence-corrected chi connectivity index (χ0v) is 22.9. The summed E-state index contributed by atoms with van der Waals surface area (Å²) in [4.78, 5) is 36.6. The van der Waals surface area contributed by atoms with Gasteiger partial charge in [-0.3, -0.25) is 9.59 Å². The number of anilines is 1. The van der Waals surface area contributed by atoms with Crippen LogP contribution in [0.3, 0.4) is 0 Å². The molecule has 0 heterocycles. The Morgan fingerprint density at radius 1 is 0.846 bits per heavy atom. The topological polar surface area (TPSA) is 103 Å². The van der Waals surface area contributed by atoms with Crippen LogP contribution in [0.2, 0.25) is 0 Å². The van der Waals surface area contributed by atoms with Gasteiger partial charge in [0.1, 0.15) is 11.5 Å². The first kappa shape index (κ1) is 29.2. The molecule has 0 fully saturated rings. The molecule has 3 aromatic carbocycles. The standard InChI is InChI=1S/C31H36N2O6/c1-5-37-30(36)39-26-16-12-22(13-17-26)29(35)33-27-10-7-6-9-23(27)21-32-28(34)11-8-20-38-25-18-14-24(15-19-25)31(2,3)4/h6-7,9-10,12-19H,5,8,11,20-21H2,1-4H3,(H,32,34)(H,33,35). The molecule has 0 aromatic heterocycles. The van der Waals surface area contributed by atoms with Crippen molar-refractivity contribution in [3.05, 3.63) is 89.5 Å². The lowest BCUT2D eigenvalue weighted by molar-refractivity contribution is -0.121. The highest BCUT2D eigenvalue weighted by atomic mass is 16.7. The van der Waals surface area contributed by atoms with E-state index >= 15 is 0 Å². The Balaban J connectivity index is 1.44. The third-order valence-electron chi connectivity index (χ3n) is 5.86. The van der Waals surface area contributed by atoms with Gasteiger partial charge in [0.25, 0.3) is 5.91 Å². The van der Waals surface area contributed by atoms with Gasteiger partial charge in [-0.1, -0.05) is 51.1 Å². The average molecular weight is 533 g/mol. The Hall–Kier alpha value is -4.33. The van der Waals surface area contributed by atoms with Gasteiger partial charge >= 0.3 is 6.16 Å². The van der Waals surface area contributed by atoms with E-state index in [1.807, 2.05) is 30.3 Å². The molecular formula is C31H36N2O6. The highest BCUT2D eigenvalue weighted by Crippen LogP contribution is 2.24. The van der Waals surface area contributed by atoms with Gasteiger partial charge in [0.05, 0.1) is 13.2 Å². The second-order valence-electron chi connectivity index (χ2n) is 9.92. The Kier molecular flexibility index (Phi) is 10.5. The molecular weight excluding hydrogens is 496 g/mol. The minimum Gasteiger partial charge on any atom is -0.494 e. The Morgan fingerprint density at radius 2 is 1.51 bits per heavy atom. The number of hydrogen-bond donors (Lipinski definition) is 2. The zero-order chi connectivity index (χ0) is 28.3. The number of ether oxygens (including phenoxy) is 3. The Morgan fingerprint density at radius 3 is 2.18 bits per heavy atom. The van der Waals surface area contributed by atoms with E-state index in [1.165, 1.54) is 17.7 Å². The molecule has 206 valence electrons.